The number of aliphatic hydroxyl groups is 1. The van der Waals surface area contributed by atoms with Gasteiger partial charge in [0.25, 0.3) is 0 Å². The summed E-state index contributed by atoms with van der Waals surface area (Å²) < 4.78 is 0. The molecule has 1 aliphatic rings. The van der Waals surface area contributed by atoms with Gasteiger partial charge in [-0.15, -0.1) is 0 Å². The van der Waals surface area contributed by atoms with Crippen molar-refractivity contribution in [3.05, 3.63) is 18.1 Å². The first kappa shape index (κ1) is 10.8. The quantitative estimate of drug-likeness (QED) is 0.788. The van der Waals surface area contributed by atoms with Gasteiger partial charge in [-0.1, -0.05) is 6.42 Å². The lowest BCUT2D eigenvalue weighted by atomic mass is 10.1. The van der Waals surface area contributed by atoms with Crippen molar-refractivity contribution in [1.82, 2.24) is 9.97 Å². The summed E-state index contributed by atoms with van der Waals surface area (Å²) in [5.41, 5.74) is 0.311. The Morgan fingerprint density at radius 2 is 2.25 bits per heavy atom. The Kier molecular flexibility index (Phi) is 3.32. The second kappa shape index (κ2) is 4.90. The molecule has 1 saturated carbocycles. The van der Waals surface area contributed by atoms with E-state index in [0.29, 0.717) is 11.5 Å². The molecule has 0 aromatic carbocycles. The molecule has 1 aromatic rings. The molecular formula is C11H14N4O. The molecule has 16 heavy (non-hydrogen) atoms. The van der Waals surface area contributed by atoms with Gasteiger partial charge in [0.05, 0.1) is 0 Å². The van der Waals surface area contributed by atoms with Crippen molar-refractivity contribution < 1.29 is 5.11 Å². The number of nitrogens with zero attached hydrogens (tertiary/aromatic N) is 3. The predicted molar refractivity (Wildman–Crippen MR) is 58.6 cm³/mol. The Hall–Kier alpha value is -1.67. The number of nitrogens with one attached hydrogen (secondary N) is 1. The molecule has 0 spiro atoms. The number of hydrogen-bond donors (Lipinski definition) is 2. The minimum Gasteiger partial charge on any atom is -0.396 e. The maximum absolute atomic E-state index is 9.20. The first-order valence-corrected chi connectivity index (χ1v) is 5.43. The van der Waals surface area contributed by atoms with Crippen LogP contribution in [0.5, 0.6) is 0 Å². The summed E-state index contributed by atoms with van der Waals surface area (Å²) in [6, 6.07) is 2.21. The number of aliphatic hydroxyl groups excluding tert-OH is 1. The van der Waals surface area contributed by atoms with E-state index in [1.165, 1.54) is 6.20 Å². The molecule has 84 valence electrons. The summed E-state index contributed by atoms with van der Waals surface area (Å²) in [5, 5.41) is 21.3. The molecule has 2 rings (SSSR count). The summed E-state index contributed by atoms with van der Waals surface area (Å²) in [4.78, 5) is 8.05. The van der Waals surface area contributed by atoms with Crippen LogP contribution in [0.3, 0.4) is 0 Å². The highest BCUT2D eigenvalue weighted by atomic mass is 16.3. The normalized spacial score (nSPS) is 24.0. The second-order valence-corrected chi connectivity index (χ2v) is 3.99. The van der Waals surface area contributed by atoms with Gasteiger partial charge in [-0.3, -0.25) is 0 Å². The zero-order chi connectivity index (χ0) is 11.4. The van der Waals surface area contributed by atoms with Crippen molar-refractivity contribution >= 4 is 5.82 Å². The Balaban J connectivity index is 2.12. The van der Waals surface area contributed by atoms with Crippen LogP contribution in [-0.4, -0.2) is 27.7 Å². The van der Waals surface area contributed by atoms with Crippen LogP contribution in [0.4, 0.5) is 5.82 Å². The molecule has 1 aliphatic carbocycles. The molecule has 0 bridgehead atoms. The van der Waals surface area contributed by atoms with E-state index in [4.69, 9.17) is 5.26 Å². The van der Waals surface area contributed by atoms with Crippen LogP contribution in [0.1, 0.15) is 25.0 Å². The Labute approximate surface area is 94.2 Å². The van der Waals surface area contributed by atoms with Gasteiger partial charge in [-0.25, -0.2) is 9.97 Å². The Morgan fingerprint density at radius 1 is 1.44 bits per heavy atom. The smallest absolute Gasteiger partial charge is 0.182 e. The van der Waals surface area contributed by atoms with Crippen molar-refractivity contribution in [2.75, 3.05) is 11.9 Å². The Morgan fingerprint density at radius 3 is 3.00 bits per heavy atom. The highest BCUT2D eigenvalue weighted by Gasteiger charge is 2.27. The van der Waals surface area contributed by atoms with E-state index >= 15 is 0 Å². The topological polar surface area (TPSA) is 81.8 Å². The molecule has 1 heterocycles. The van der Waals surface area contributed by atoms with Crippen LogP contribution in [0.15, 0.2) is 12.4 Å². The van der Waals surface area contributed by atoms with Gasteiger partial charge in [0.1, 0.15) is 6.07 Å². The number of hydrogen-bond acceptors (Lipinski definition) is 5. The number of rotatable bonds is 3. The fourth-order valence-electron chi connectivity index (χ4n) is 2.15. The first-order chi connectivity index (χ1) is 7.85. The maximum Gasteiger partial charge on any atom is 0.182 e. The molecule has 0 aliphatic heterocycles. The Bertz CT molecular complexity index is 401. The van der Waals surface area contributed by atoms with Crippen LogP contribution in [0.2, 0.25) is 0 Å². The molecule has 1 fully saturated rings. The summed E-state index contributed by atoms with van der Waals surface area (Å²) in [6.45, 7) is 0.180. The molecule has 2 unspecified atom stereocenters. The summed E-state index contributed by atoms with van der Waals surface area (Å²) in [6.07, 6.45) is 6.20. The SMILES string of the molecule is N#Cc1nccnc1NC1CCCC1CO. The van der Waals surface area contributed by atoms with Crippen LogP contribution in [0, 0.1) is 17.2 Å². The summed E-state index contributed by atoms with van der Waals surface area (Å²) in [5.74, 6) is 0.781. The average molecular weight is 218 g/mol. The minimum atomic E-state index is 0.180. The molecular weight excluding hydrogens is 204 g/mol. The fraction of sp³-hybridized carbons (Fsp3) is 0.545. The van der Waals surface area contributed by atoms with Crippen molar-refractivity contribution in [1.29, 1.82) is 5.26 Å². The van der Waals surface area contributed by atoms with Gasteiger partial charge in [-0.2, -0.15) is 5.26 Å². The molecule has 2 N–H and O–H groups in total. The zero-order valence-electron chi connectivity index (χ0n) is 8.93. The fourth-order valence-corrected chi connectivity index (χ4v) is 2.15. The summed E-state index contributed by atoms with van der Waals surface area (Å²) in [7, 11) is 0. The monoisotopic (exact) mass is 218 g/mol. The lowest BCUT2D eigenvalue weighted by molar-refractivity contribution is 0.222. The molecule has 5 nitrogen and oxygen atoms in total. The number of anilines is 1. The van der Waals surface area contributed by atoms with E-state index in [-0.39, 0.29) is 18.6 Å². The van der Waals surface area contributed by atoms with E-state index < -0.39 is 0 Å². The van der Waals surface area contributed by atoms with E-state index in [2.05, 4.69) is 15.3 Å². The lowest BCUT2D eigenvalue weighted by Crippen LogP contribution is -2.27. The third-order valence-corrected chi connectivity index (χ3v) is 3.02. The first-order valence-electron chi connectivity index (χ1n) is 5.43. The van der Waals surface area contributed by atoms with E-state index in [0.717, 1.165) is 19.3 Å². The maximum atomic E-state index is 9.20. The highest BCUT2D eigenvalue weighted by molar-refractivity contribution is 5.47. The van der Waals surface area contributed by atoms with E-state index in [9.17, 15) is 5.11 Å². The average Bonchev–Trinajstić information content (AvgIpc) is 2.77. The van der Waals surface area contributed by atoms with Gasteiger partial charge in [0, 0.05) is 31.0 Å². The number of nitriles is 1. The van der Waals surface area contributed by atoms with Crippen molar-refractivity contribution in [2.24, 2.45) is 5.92 Å². The largest absolute Gasteiger partial charge is 0.396 e. The second-order valence-electron chi connectivity index (χ2n) is 3.99. The van der Waals surface area contributed by atoms with Crippen molar-refractivity contribution in [3.8, 4) is 6.07 Å². The van der Waals surface area contributed by atoms with Crippen LogP contribution < -0.4 is 5.32 Å². The predicted octanol–water partition coefficient (Wildman–Crippen LogP) is 0.921. The van der Waals surface area contributed by atoms with Gasteiger partial charge in [-0.05, 0) is 12.8 Å². The minimum absolute atomic E-state index is 0.180. The third-order valence-electron chi connectivity index (χ3n) is 3.02. The van der Waals surface area contributed by atoms with Gasteiger partial charge in [0.15, 0.2) is 11.5 Å². The van der Waals surface area contributed by atoms with Gasteiger partial charge in [0.2, 0.25) is 0 Å². The zero-order valence-corrected chi connectivity index (χ0v) is 8.93. The molecule has 0 amide bonds. The molecule has 1 aromatic heterocycles. The standard InChI is InChI=1S/C11H14N4O/c12-6-10-11(14-5-4-13-10)15-9-3-1-2-8(9)7-16/h4-5,8-9,16H,1-3,7H2,(H,14,15). The van der Waals surface area contributed by atoms with Gasteiger partial charge >= 0.3 is 0 Å². The van der Waals surface area contributed by atoms with Crippen molar-refractivity contribution in [3.63, 3.8) is 0 Å². The van der Waals surface area contributed by atoms with Crippen LogP contribution in [0.25, 0.3) is 0 Å². The van der Waals surface area contributed by atoms with E-state index in [1.54, 1.807) is 6.20 Å². The third kappa shape index (κ3) is 2.12. The molecule has 2 atom stereocenters. The van der Waals surface area contributed by atoms with E-state index in [1.807, 2.05) is 6.07 Å². The number of aromatic nitrogens is 2. The highest BCUT2D eigenvalue weighted by Crippen LogP contribution is 2.27. The van der Waals surface area contributed by atoms with Crippen molar-refractivity contribution in [2.45, 2.75) is 25.3 Å². The molecule has 0 radical (unpaired) electrons. The lowest BCUT2D eigenvalue weighted by Gasteiger charge is -2.19. The summed E-state index contributed by atoms with van der Waals surface area (Å²) >= 11 is 0. The molecule has 5 heteroatoms. The molecule has 0 saturated heterocycles. The van der Waals surface area contributed by atoms with Crippen LogP contribution in [-0.2, 0) is 0 Å². The van der Waals surface area contributed by atoms with Gasteiger partial charge < -0.3 is 10.4 Å². The van der Waals surface area contributed by atoms with Crippen LogP contribution >= 0.6 is 0 Å².